The first-order valence-electron chi connectivity index (χ1n) is 7.60. The van der Waals surface area contributed by atoms with Crippen molar-refractivity contribution in [2.24, 2.45) is 0 Å². The molecule has 0 aliphatic rings. The van der Waals surface area contributed by atoms with Crippen LogP contribution in [-0.4, -0.2) is 26.1 Å². The van der Waals surface area contributed by atoms with Crippen molar-refractivity contribution in [1.29, 1.82) is 0 Å². The number of aromatic nitrogens is 4. The quantitative estimate of drug-likeness (QED) is 0.754. The topological polar surface area (TPSA) is 81.9 Å². The number of tetrazole rings is 1. The zero-order valence-corrected chi connectivity index (χ0v) is 13.2. The number of para-hydroxylation sites is 1. The van der Waals surface area contributed by atoms with Crippen LogP contribution in [0.25, 0.3) is 0 Å². The average molecular weight is 323 g/mol. The summed E-state index contributed by atoms with van der Waals surface area (Å²) in [6.45, 7) is 2.92. The molecule has 1 heterocycles. The third-order valence-electron chi connectivity index (χ3n) is 3.42. The van der Waals surface area contributed by atoms with Gasteiger partial charge in [0.05, 0.1) is 0 Å². The molecule has 122 valence electrons. The lowest BCUT2D eigenvalue weighted by atomic mass is 10.2. The number of hydrogen-bond donors (Lipinski definition) is 1. The number of anilines is 1. The number of nitrogens with zero attached hydrogens (tertiary/aromatic N) is 4. The fourth-order valence-electron chi connectivity index (χ4n) is 2.15. The van der Waals surface area contributed by atoms with Gasteiger partial charge in [-0.25, -0.2) is 4.68 Å². The Bertz CT molecular complexity index is 799. The Morgan fingerprint density at radius 1 is 1.12 bits per heavy atom. The Morgan fingerprint density at radius 2 is 1.88 bits per heavy atom. The lowest BCUT2D eigenvalue weighted by Crippen LogP contribution is -2.11. The second-order valence-electron chi connectivity index (χ2n) is 5.04. The highest BCUT2D eigenvalue weighted by Gasteiger charge is 2.08. The second-order valence-corrected chi connectivity index (χ2v) is 5.04. The second kappa shape index (κ2) is 7.36. The van der Waals surface area contributed by atoms with Crippen molar-refractivity contribution >= 4 is 11.6 Å². The molecule has 0 radical (unpaired) electrons. The van der Waals surface area contributed by atoms with Crippen molar-refractivity contribution in [3.63, 3.8) is 0 Å². The summed E-state index contributed by atoms with van der Waals surface area (Å²) in [5, 5.41) is 14.2. The predicted molar refractivity (Wildman–Crippen MR) is 88.7 cm³/mol. The molecule has 0 aliphatic carbocycles. The summed E-state index contributed by atoms with van der Waals surface area (Å²) in [6.07, 6.45) is 0. The van der Waals surface area contributed by atoms with Crippen LogP contribution in [0.5, 0.6) is 5.75 Å². The minimum atomic E-state index is -0.164. The van der Waals surface area contributed by atoms with E-state index >= 15 is 0 Å². The van der Waals surface area contributed by atoms with Gasteiger partial charge in [0.25, 0.3) is 5.91 Å². The Morgan fingerprint density at radius 3 is 2.58 bits per heavy atom. The van der Waals surface area contributed by atoms with Gasteiger partial charge >= 0.3 is 0 Å². The molecule has 7 heteroatoms. The molecule has 0 atom stereocenters. The molecular formula is C17H17N5O2. The van der Waals surface area contributed by atoms with Crippen molar-refractivity contribution in [3.8, 4) is 5.75 Å². The highest BCUT2D eigenvalue weighted by atomic mass is 16.5. The molecule has 1 N–H and O–H groups in total. The Kier molecular flexibility index (Phi) is 4.81. The molecule has 0 unspecified atom stereocenters. The molecule has 2 aromatic carbocycles. The molecule has 3 rings (SSSR count). The summed E-state index contributed by atoms with van der Waals surface area (Å²) in [6, 6.07) is 16.3. The number of carbonyl (C=O) groups excluding carboxylic acids is 1. The van der Waals surface area contributed by atoms with Crippen LogP contribution >= 0.6 is 0 Å². The molecule has 0 bridgehead atoms. The zero-order chi connectivity index (χ0) is 16.8. The van der Waals surface area contributed by atoms with Gasteiger partial charge in [0.1, 0.15) is 12.4 Å². The number of rotatable bonds is 6. The van der Waals surface area contributed by atoms with Gasteiger partial charge in [0.15, 0.2) is 5.82 Å². The van der Waals surface area contributed by atoms with E-state index in [0.29, 0.717) is 23.7 Å². The summed E-state index contributed by atoms with van der Waals surface area (Å²) in [4.78, 5) is 12.2. The highest BCUT2D eigenvalue weighted by molar-refractivity contribution is 6.04. The van der Waals surface area contributed by atoms with E-state index in [0.717, 1.165) is 5.69 Å². The van der Waals surface area contributed by atoms with Gasteiger partial charge in [-0.2, -0.15) is 0 Å². The minimum Gasteiger partial charge on any atom is -0.486 e. The van der Waals surface area contributed by atoms with Gasteiger partial charge in [-0.05, 0) is 53.7 Å². The summed E-state index contributed by atoms with van der Waals surface area (Å²) >= 11 is 0. The van der Waals surface area contributed by atoms with Crippen LogP contribution in [0.15, 0.2) is 54.6 Å². The number of benzene rings is 2. The normalized spacial score (nSPS) is 10.4. The SMILES string of the molecule is CCn1nnnc1COc1ccc(C(=O)Nc2ccccc2)cc1. The third-order valence-corrected chi connectivity index (χ3v) is 3.42. The molecule has 0 aliphatic heterocycles. The van der Waals surface area contributed by atoms with Crippen LogP contribution in [-0.2, 0) is 13.2 Å². The van der Waals surface area contributed by atoms with Gasteiger partial charge in [0.2, 0.25) is 0 Å². The molecule has 0 fully saturated rings. The van der Waals surface area contributed by atoms with E-state index in [-0.39, 0.29) is 12.5 Å². The van der Waals surface area contributed by atoms with Gasteiger partial charge < -0.3 is 10.1 Å². The summed E-state index contributed by atoms with van der Waals surface area (Å²) in [5.74, 6) is 1.14. The van der Waals surface area contributed by atoms with Crippen LogP contribution in [0, 0.1) is 0 Å². The third kappa shape index (κ3) is 3.75. The molecule has 1 aromatic heterocycles. The lowest BCUT2D eigenvalue weighted by molar-refractivity contribution is 0.102. The molecule has 0 saturated heterocycles. The predicted octanol–water partition coefficient (Wildman–Crippen LogP) is 2.52. The minimum absolute atomic E-state index is 0.164. The van der Waals surface area contributed by atoms with Crippen LogP contribution in [0.2, 0.25) is 0 Å². The maximum atomic E-state index is 12.2. The number of carbonyl (C=O) groups is 1. The van der Waals surface area contributed by atoms with Crippen molar-refractivity contribution in [2.45, 2.75) is 20.1 Å². The summed E-state index contributed by atoms with van der Waals surface area (Å²) in [7, 11) is 0. The first-order chi connectivity index (χ1) is 11.8. The van der Waals surface area contributed by atoms with Crippen molar-refractivity contribution in [1.82, 2.24) is 20.2 Å². The van der Waals surface area contributed by atoms with Crippen molar-refractivity contribution < 1.29 is 9.53 Å². The first kappa shape index (κ1) is 15.7. The van der Waals surface area contributed by atoms with E-state index in [1.54, 1.807) is 28.9 Å². The standard InChI is InChI=1S/C17H17N5O2/c1-2-22-16(19-20-21-22)12-24-15-10-8-13(9-11-15)17(23)18-14-6-4-3-5-7-14/h3-11H,2,12H2,1H3,(H,18,23). The Balaban J connectivity index is 1.60. The number of aryl methyl sites for hydroxylation is 1. The van der Waals surface area contributed by atoms with E-state index in [1.807, 2.05) is 37.3 Å². The largest absolute Gasteiger partial charge is 0.486 e. The summed E-state index contributed by atoms with van der Waals surface area (Å²) in [5.41, 5.74) is 1.32. The van der Waals surface area contributed by atoms with Gasteiger partial charge in [-0.3, -0.25) is 4.79 Å². The maximum Gasteiger partial charge on any atom is 0.255 e. The van der Waals surface area contributed by atoms with E-state index in [4.69, 9.17) is 4.74 Å². The molecule has 1 amide bonds. The fraction of sp³-hybridized carbons (Fsp3) is 0.176. The van der Waals surface area contributed by atoms with Crippen LogP contribution in [0.4, 0.5) is 5.69 Å². The first-order valence-corrected chi connectivity index (χ1v) is 7.60. The highest BCUT2D eigenvalue weighted by Crippen LogP contribution is 2.15. The van der Waals surface area contributed by atoms with E-state index < -0.39 is 0 Å². The zero-order valence-electron chi connectivity index (χ0n) is 13.2. The van der Waals surface area contributed by atoms with Crippen molar-refractivity contribution in [3.05, 3.63) is 66.0 Å². The molecule has 0 spiro atoms. The van der Waals surface area contributed by atoms with Crippen LogP contribution in [0.1, 0.15) is 23.1 Å². The smallest absolute Gasteiger partial charge is 0.255 e. The summed E-state index contributed by atoms with van der Waals surface area (Å²) < 4.78 is 7.32. The Labute approximate surface area is 139 Å². The molecule has 0 saturated carbocycles. The van der Waals surface area contributed by atoms with Gasteiger partial charge in [0, 0.05) is 17.8 Å². The van der Waals surface area contributed by atoms with E-state index in [9.17, 15) is 4.79 Å². The monoisotopic (exact) mass is 323 g/mol. The van der Waals surface area contributed by atoms with Gasteiger partial charge in [-0.1, -0.05) is 18.2 Å². The van der Waals surface area contributed by atoms with E-state index in [1.165, 1.54) is 0 Å². The number of hydrogen-bond acceptors (Lipinski definition) is 5. The molecule has 7 nitrogen and oxygen atoms in total. The lowest BCUT2D eigenvalue weighted by Gasteiger charge is -2.08. The van der Waals surface area contributed by atoms with E-state index in [2.05, 4.69) is 20.8 Å². The Hall–Kier alpha value is -3.22. The molecule has 3 aromatic rings. The number of amides is 1. The molecule has 24 heavy (non-hydrogen) atoms. The fourth-order valence-corrected chi connectivity index (χ4v) is 2.15. The average Bonchev–Trinajstić information content (AvgIpc) is 3.09. The molecular weight excluding hydrogens is 306 g/mol. The number of nitrogens with one attached hydrogen (secondary N) is 1. The van der Waals surface area contributed by atoms with Crippen LogP contribution in [0.3, 0.4) is 0 Å². The van der Waals surface area contributed by atoms with Gasteiger partial charge in [-0.15, -0.1) is 5.10 Å². The van der Waals surface area contributed by atoms with Crippen molar-refractivity contribution in [2.75, 3.05) is 5.32 Å². The maximum absolute atomic E-state index is 12.2. The van der Waals surface area contributed by atoms with Crippen LogP contribution < -0.4 is 10.1 Å². The number of ether oxygens (including phenoxy) is 1.